The van der Waals surface area contributed by atoms with Crippen molar-refractivity contribution in [1.29, 1.82) is 0 Å². The van der Waals surface area contributed by atoms with Gasteiger partial charge < -0.3 is 16.4 Å². The van der Waals surface area contributed by atoms with E-state index in [9.17, 15) is 4.79 Å². The lowest BCUT2D eigenvalue weighted by Crippen LogP contribution is -2.43. The SMILES string of the molecule is CCC(CC)(CN)CNC(=O)Nc1ccc(C)cc1. The summed E-state index contributed by atoms with van der Waals surface area (Å²) in [4.78, 5) is 11.8. The first kappa shape index (κ1) is 15.5. The minimum atomic E-state index is -0.177. The van der Waals surface area contributed by atoms with Crippen LogP contribution in [0.5, 0.6) is 0 Å². The van der Waals surface area contributed by atoms with E-state index in [-0.39, 0.29) is 11.4 Å². The molecule has 0 saturated heterocycles. The van der Waals surface area contributed by atoms with Crippen molar-refractivity contribution in [3.05, 3.63) is 29.8 Å². The summed E-state index contributed by atoms with van der Waals surface area (Å²) < 4.78 is 0. The molecule has 0 radical (unpaired) electrons. The maximum absolute atomic E-state index is 11.8. The van der Waals surface area contributed by atoms with Crippen LogP contribution in [-0.2, 0) is 0 Å². The van der Waals surface area contributed by atoms with Gasteiger partial charge in [0.1, 0.15) is 0 Å². The Hall–Kier alpha value is -1.55. The fraction of sp³-hybridized carbons (Fsp3) is 0.533. The molecule has 106 valence electrons. The van der Waals surface area contributed by atoms with Crippen molar-refractivity contribution >= 4 is 11.7 Å². The molecule has 1 aromatic rings. The number of nitrogens with two attached hydrogens (primary N) is 1. The minimum absolute atomic E-state index is 0.00458. The van der Waals surface area contributed by atoms with E-state index in [0.29, 0.717) is 13.1 Å². The summed E-state index contributed by atoms with van der Waals surface area (Å²) in [6, 6.07) is 7.55. The van der Waals surface area contributed by atoms with E-state index in [4.69, 9.17) is 5.73 Å². The van der Waals surface area contributed by atoms with Gasteiger partial charge in [-0.15, -0.1) is 0 Å². The lowest BCUT2D eigenvalue weighted by molar-refractivity contribution is 0.232. The molecular formula is C15H25N3O. The number of aryl methyl sites for hydroxylation is 1. The van der Waals surface area contributed by atoms with Crippen LogP contribution in [0.25, 0.3) is 0 Å². The van der Waals surface area contributed by atoms with Crippen LogP contribution in [0.3, 0.4) is 0 Å². The second-order valence-electron chi connectivity index (χ2n) is 5.08. The van der Waals surface area contributed by atoms with E-state index in [1.54, 1.807) is 0 Å². The molecule has 4 nitrogen and oxygen atoms in total. The number of benzene rings is 1. The smallest absolute Gasteiger partial charge is 0.319 e. The second-order valence-corrected chi connectivity index (χ2v) is 5.08. The average Bonchev–Trinajstić information content (AvgIpc) is 2.44. The zero-order valence-corrected chi connectivity index (χ0v) is 12.1. The molecule has 4 N–H and O–H groups in total. The third kappa shape index (κ3) is 4.56. The van der Waals surface area contributed by atoms with Crippen LogP contribution in [0, 0.1) is 12.3 Å². The van der Waals surface area contributed by atoms with Crippen molar-refractivity contribution in [2.75, 3.05) is 18.4 Å². The number of carbonyl (C=O) groups excluding carboxylic acids is 1. The molecular weight excluding hydrogens is 238 g/mol. The third-order valence-corrected chi connectivity index (χ3v) is 3.87. The molecule has 0 heterocycles. The van der Waals surface area contributed by atoms with E-state index < -0.39 is 0 Å². The standard InChI is InChI=1S/C15H25N3O/c1-4-15(5-2,10-16)11-17-14(19)18-13-8-6-12(3)7-9-13/h6-9H,4-5,10-11,16H2,1-3H3,(H2,17,18,19). The Labute approximate surface area is 115 Å². The van der Waals surface area contributed by atoms with Crippen LogP contribution in [0.2, 0.25) is 0 Å². The highest BCUT2D eigenvalue weighted by atomic mass is 16.2. The molecule has 1 aromatic carbocycles. The summed E-state index contributed by atoms with van der Waals surface area (Å²) in [7, 11) is 0. The third-order valence-electron chi connectivity index (χ3n) is 3.87. The summed E-state index contributed by atoms with van der Waals surface area (Å²) >= 11 is 0. The Morgan fingerprint density at radius 1 is 1.21 bits per heavy atom. The molecule has 0 atom stereocenters. The summed E-state index contributed by atoms with van der Waals surface area (Å²) in [5.41, 5.74) is 7.79. The van der Waals surface area contributed by atoms with Crippen LogP contribution in [0.1, 0.15) is 32.3 Å². The molecule has 0 fully saturated rings. The van der Waals surface area contributed by atoms with E-state index >= 15 is 0 Å². The van der Waals surface area contributed by atoms with E-state index in [1.807, 2.05) is 31.2 Å². The molecule has 19 heavy (non-hydrogen) atoms. The summed E-state index contributed by atoms with van der Waals surface area (Å²) in [5, 5.41) is 5.73. The summed E-state index contributed by atoms with van der Waals surface area (Å²) in [6.07, 6.45) is 1.93. The molecule has 0 aliphatic rings. The molecule has 0 saturated carbocycles. The van der Waals surface area contributed by atoms with Gasteiger partial charge in [0.15, 0.2) is 0 Å². The van der Waals surface area contributed by atoms with Crippen molar-refractivity contribution in [3.8, 4) is 0 Å². The van der Waals surface area contributed by atoms with Gasteiger partial charge in [0.25, 0.3) is 0 Å². The number of hydrogen-bond acceptors (Lipinski definition) is 2. The van der Waals surface area contributed by atoms with Crippen LogP contribution in [-0.4, -0.2) is 19.1 Å². The van der Waals surface area contributed by atoms with Gasteiger partial charge in [-0.1, -0.05) is 31.5 Å². The molecule has 2 amide bonds. The average molecular weight is 263 g/mol. The molecule has 0 aliphatic carbocycles. The Bertz CT molecular complexity index is 388. The summed E-state index contributed by atoms with van der Waals surface area (Å²) in [5.74, 6) is 0. The number of anilines is 1. The molecule has 0 unspecified atom stereocenters. The quantitative estimate of drug-likeness (QED) is 0.738. The van der Waals surface area contributed by atoms with Gasteiger partial charge in [-0.25, -0.2) is 4.79 Å². The van der Waals surface area contributed by atoms with Gasteiger partial charge in [0.05, 0.1) is 0 Å². The van der Waals surface area contributed by atoms with Gasteiger partial charge in [0.2, 0.25) is 0 Å². The van der Waals surface area contributed by atoms with Crippen molar-refractivity contribution in [2.45, 2.75) is 33.6 Å². The topological polar surface area (TPSA) is 67.1 Å². The van der Waals surface area contributed by atoms with Crippen LogP contribution >= 0.6 is 0 Å². The highest BCUT2D eigenvalue weighted by Crippen LogP contribution is 2.23. The van der Waals surface area contributed by atoms with Crippen molar-refractivity contribution < 1.29 is 4.79 Å². The first-order valence-electron chi connectivity index (χ1n) is 6.87. The highest BCUT2D eigenvalue weighted by Gasteiger charge is 2.24. The maximum Gasteiger partial charge on any atom is 0.319 e. The van der Waals surface area contributed by atoms with Crippen LogP contribution < -0.4 is 16.4 Å². The maximum atomic E-state index is 11.8. The second kappa shape index (κ2) is 7.14. The first-order chi connectivity index (χ1) is 9.05. The Morgan fingerprint density at radius 2 is 1.79 bits per heavy atom. The predicted octanol–water partition coefficient (Wildman–Crippen LogP) is 2.88. The number of hydrogen-bond donors (Lipinski definition) is 3. The Balaban J connectivity index is 2.49. The molecule has 0 aromatic heterocycles. The zero-order chi connectivity index (χ0) is 14.3. The van der Waals surface area contributed by atoms with Gasteiger partial charge >= 0.3 is 6.03 Å². The lowest BCUT2D eigenvalue weighted by atomic mass is 9.82. The van der Waals surface area contributed by atoms with Gasteiger partial charge in [-0.3, -0.25) is 0 Å². The normalized spacial score (nSPS) is 11.2. The molecule has 0 bridgehead atoms. The van der Waals surface area contributed by atoms with Crippen molar-refractivity contribution in [2.24, 2.45) is 11.1 Å². The number of urea groups is 1. The number of carbonyl (C=O) groups is 1. The van der Waals surface area contributed by atoms with Gasteiger partial charge in [-0.05, 0) is 43.9 Å². The van der Waals surface area contributed by atoms with Crippen molar-refractivity contribution in [3.63, 3.8) is 0 Å². The largest absolute Gasteiger partial charge is 0.337 e. The van der Waals surface area contributed by atoms with Gasteiger partial charge in [0, 0.05) is 12.2 Å². The monoisotopic (exact) mass is 263 g/mol. The highest BCUT2D eigenvalue weighted by molar-refractivity contribution is 5.89. The number of amides is 2. The number of nitrogens with one attached hydrogen (secondary N) is 2. The summed E-state index contributed by atoms with van der Waals surface area (Å²) in [6.45, 7) is 7.42. The van der Waals surface area contributed by atoms with E-state index in [2.05, 4.69) is 24.5 Å². The number of rotatable bonds is 6. The molecule has 0 aliphatic heterocycles. The van der Waals surface area contributed by atoms with Gasteiger partial charge in [-0.2, -0.15) is 0 Å². The Kier molecular flexibility index (Phi) is 5.83. The fourth-order valence-corrected chi connectivity index (χ4v) is 1.94. The van der Waals surface area contributed by atoms with E-state index in [1.165, 1.54) is 5.56 Å². The first-order valence-corrected chi connectivity index (χ1v) is 6.87. The van der Waals surface area contributed by atoms with E-state index in [0.717, 1.165) is 18.5 Å². The fourth-order valence-electron chi connectivity index (χ4n) is 1.94. The minimum Gasteiger partial charge on any atom is -0.337 e. The van der Waals surface area contributed by atoms with Crippen LogP contribution in [0.4, 0.5) is 10.5 Å². The molecule has 0 spiro atoms. The predicted molar refractivity (Wildman–Crippen MR) is 80.3 cm³/mol. The lowest BCUT2D eigenvalue weighted by Gasteiger charge is -2.30. The van der Waals surface area contributed by atoms with Crippen LogP contribution in [0.15, 0.2) is 24.3 Å². The molecule has 4 heteroatoms. The Morgan fingerprint density at radius 3 is 2.26 bits per heavy atom. The zero-order valence-electron chi connectivity index (χ0n) is 12.1. The van der Waals surface area contributed by atoms with Crippen molar-refractivity contribution in [1.82, 2.24) is 5.32 Å². The molecule has 1 rings (SSSR count).